The van der Waals surface area contributed by atoms with Crippen molar-refractivity contribution in [3.05, 3.63) is 29.8 Å². The van der Waals surface area contributed by atoms with Crippen LogP contribution in [-0.4, -0.2) is 49.8 Å². The minimum absolute atomic E-state index is 0.0825. The maximum atomic E-state index is 12.4. The van der Waals surface area contributed by atoms with Gasteiger partial charge >= 0.3 is 12.0 Å². The Bertz CT molecular complexity index is 769. The van der Waals surface area contributed by atoms with E-state index in [9.17, 15) is 22.8 Å². The Morgan fingerprint density at radius 3 is 2.24 bits per heavy atom. The molecule has 1 atom stereocenters. The summed E-state index contributed by atoms with van der Waals surface area (Å²) in [6.45, 7) is 2.25. The number of hydrogen-bond donors (Lipinski definition) is 2. The van der Waals surface area contributed by atoms with Gasteiger partial charge in [0.2, 0.25) is 10.0 Å². The van der Waals surface area contributed by atoms with E-state index in [0.29, 0.717) is 13.1 Å². The molecule has 0 radical (unpaired) electrons. The fourth-order valence-corrected chi connectivity index (χ4v) is 3.86. The van der Waals surface area contributed by atoms with Crippen molar-refractivity contribution in [2.75, 3.05) is 13.1 Å². The van der Waals surface area contributed by atoms with E-state index in [2.05, 4.69) is 0 Å². The minimum Gasteiger partial charge on any atom is -0.449 e. The number of esters is 1. The zero-order chi connectivity index (χ0) is 18.6. The smallest absolute Gasteiger partial charge is 0.338 e. The molecule has 2 rings (SSSR count). The Balaban J connectivity index is 2.05. The summed E-state index contributed by atoms with van der Waals surface area (Å²) < 4.78 is 31.1. The zero-order valence-corrected chi connectivity index (χ0v) is 14.4. The SMILES string of the molecule is CC(OC(=O)c1ccc(S(=O)(=O)N2CCCC2)cc1)C(=O)NC(N)=O. The van der Waals surface area contributed by atoms with Gasteiger partial charge in [-0.25, -0.2) is 18.0 Å². The van der Waals surface area contributed by atoms with Gasteiger partial charge in [-0.1, -0.05) is 0 Å². The fraction of sp³-hybridized carbons (Fsp3) is 0.400. The first kappa shape index (κ1) is 18.9. The summed E-state index contributed by atoms with van der Waals surface area (Å²) in [6, 6.07) is 4.20. The van der Waals surface area contributed by atoms with E-state index >= 15 is 0 Å². The first-order valence-electron chi connectivity index (χ1n) is 7.63. The Hall–Kier alpha value is -2.46. The number of carbonyl (C=O) groups is 3. The number of imide groups is 1. The maximum absolute atomic E-state index is 12.4. The number of nitrogens with one attached hydrogen (secondary N) is 1. The summed E-state index contributed by atoms with van der Waals surface area (Å²) in [6.07, 6.45) is 0.428. The number of urea groups is 1. The lowest BCUT2D eigenvalue weighted by molar-refractivity contribution is -0.127. The van der Waals surface area contributed by atoms with Crippen molar-refractivity contribution in [1.29, 1.82) is 0 Å². The largest absolute Gasteiger partial charge is 0.449 e. The number of rotatable bonds is 5. The highest BCUT2D eigenvalue weighted by molar-refractivity contribution is 7.89. The molecule has 1 aromatic rings. The standard InChI is InChI=1S/C15H19N3O6S/c1-10(13(19)17-15(16)21)24-14(20)11-4-6-12(7-5-11)25(22,23)18-8-2-3-9-18/h4-7,10H,2-3,8-9H2,1H3,(H3,16,17,19,21). The number of amides is 3. The van der Waals surface area contributed by atoms with Gasteiger partial charge in [0.1, 0.15) is 0 Å². The van der Waals surface area contributed by atoms with Crippen LogP contribution in [0.25, 0.3) is 0 Å². The highest BCUT2D eigenvalue weighted by Gasteiger charge is 2.27. The molecule has 0 saturated carbocycles. The predicted octanol–water partition coefficient (Wildman–Crippen LogP) is 0.211. The molecule has 25 heavy (non-hydrogen) atoms. The third kappa shape index (κ3) is 4.54. The summed E-state index contributed by atoms with van der Waals surface area (Å²) in [4.78, 5) is 34.2. The lowest BCUT2D eigenvalue weighted by Crippen LogP contribution is -2.42. The first-order chi connectivity index (χ1) is 11.7. The first-order valence-corrected chi connectivity index (χ1v) is 9.07. The number of nitrogens with two attached hydrogens (primary N) is 1. The van der Waals surface area contributed by atoms with Crippen LogP contribution in [0.1, 0.15) is 30.1 Å². The molecule has 1 aliphatic heterocycles. The van der Waals surface area contributed by atoms with Crippen LogP contribution >= 0.6 is 0 Å². The van der Waals surface area contributed by atoms with Crippen LogP contribution in [0.4, 0.5) is 4.79 Å². The Labute approximate surface area is 145 Å². The molecule has 1 saturated heterocycles. The average Bonchev–Trinajstić information content (AvgIpc) is 3.09. The van der Waals surface area contributed by atoms with Crippen LogP contribution in [0, 0.1) is 0 Å². The van der Waals surface area contributed by atoms with E-state index in [1.807, 2.05) is 0 Å². The van der Waals surface area contributed by atoms with Crippen molar-refractivity contribution in [1.82, 2.24) is 9.62 Å². The van der Waals surface area contributed by atoms with Crippen molar-refractivity contribution < 1.29 is 27.5 Å². The summed E-state index contributed by atoms with van der Waals surface area (Å²) in [5.74, 6) is -1.67. The Kier molecular flexibility index (Phi) is 5.75. The van der Waals surface area contributed by atoms with Crippen LogP contribution in [0.5, 0.6) is 0 Å². The van der Waals surface area contributed by atoms with E-state index in [4.69, 9.17) is 10.5 Å². The number of sulfonamides is 1. The molecule has 0 bridgehead atoms. The average molecular weight is 369 g/mol. The van der Waals surface area contributed by atoms with E-state index in [0.717, 1.165) is 12.8 Å². The molecule has 1 fully saturated rings. The van der Waals surface area contributed by atoms with Crippen LogP contribution in [0.15, 0.2) is 29.2 Å². The van der Waals surface area contributed by atoms with Crippen molar-refractivity contribution in [2.45, 2.75) is 30.8 Å². The van der Waals surface area contributed by atoms with Crippen LogP contribution < -0.4 is 11.1 Å². The van der Waals surface area contributed by atoms with Crippen molar-refractivity contribution in [2.24, 2.45) is 5.73 Å². The predicted molar refractivity (Wildman–Crippen MR) is 87.0 cm³/mol. The van der Waals surface area contributed by atoms with E-state index in [1.165, 1.54) is 35.5 Å². The molecular formula is C15H19N3O6S. The molecule has 1 heterocycles. The van der Waals surface area contributed by atoms with Gasteiger partial charge in [0, 0.05) is 13.1 Å². The van der Waals surface area contributed by atoms with Gasteiger partial charge in [0.15, 0.2) is 6.10 Å². The second kappa shape index (κ2) is 7.62. The molecular weight excluding hydrogens is 350 g/mol. The number of benzene rings is 1. The van der Waals surface area contributed by atoms with E-state index in [1.54, 1.807) is 5.32 Å². The lowest BCUT2D eigenvalue weighted by Gasteiger charge is -2.16. The molecule has 136 valence electrons. The fourth-order valence-electron chi connectivity index (χ4n) is 2.35. The second-order valence-corrected chi connectivity index (χ2v) is 7.47. The second-order valence-electron chi connectivity index (χ2n) is 5.54. The topological polar surface area (TPSA) is 136 Å². The van der Waals surface area contributed by atoms with Crippen molar-refractivity contribution in [3.8, 4) is 0 Å². The maximum Gasteiger partial charge on any atom is 0.338 e. The van der Waals surface area contributed by atoms with Gasteiger partial charge in [-0.3, -0.25) is 10.1 Å². The highest BCUT2D eigenvalue weighted by Crippen LogP contribution is 2.21. The monoisotopic (exact) mass is 369 g/mol. The van der Waals surface area contributed by atoms with Gasteiger partial charge in [-0.05, 0) is 44.0 Å². The normalized spacial score (nSPS) is 16.2. The number of carbonyl (C=O) groups excluding carboxylic acids is 3. The van der Waals surface area contributed by atoms with Crippen LogP contribution in [0.2, 0.25) is 0 Å². The Morgan fingerprint density at radius 1 is 1.16 bits per heavy atom. The number of primary amides is 1. The molecule has 0 spiro atoms. The van der Waals surface area contributed by atoms with Crippen LogP contribution in [-0.2, 0) is 19.6 Å². The van der Waals surface area contributed by atoms with Gasteiger partial charge in [0.25, 0.3) is 5.91 Å². The molecule has 1 aromatic carbocycles. The Morgan fingerprint density at radius 2 is 1.72 bits per heavy atom. The molecule has 3 N–H and O–H groups in total. The number of ether oxygens (including phenoxy) is 1. The third-order valence-corrected chi connectivity index (χ3v) is 5.61. The molecule has 0 aromatic heterocycles. The third-order valence-electron chi connectivity index (χ3n) is 3.69. The molecule has 0 aliphatic carbocycles. The lowest BCUT2D eigenvalue weighted by atomic mass is 10.2. The van der Waals surface area contributed by atoms with Crippen molar-refractivity contribution >= 4 is 27.9 Å². The van der Waals surface area contributed by atoms with Gasteiger partial charge in [0.05, 0.1) is 10.5 Å². The van der Waals surface area contributed by atoms with Gasteiger partial charge in [-0.2, -0.15) is 4.31 Å². The number of hydrogen-bond acceptors (Lipinski definition) is 6. The minimum atomic E-state index is -3.57. The molecule has 9 nitrogen and oxygen atoms in total. The molecule has 3 amide bonds. The molecule has 1 unspecified atom stereocenters. The van der Waals surface area contributed by atoms with Gasteiger partial charge < -0.3 is 10.5 Å². The van der Waals surface area contributed by atoms with Crippen LogP contribution in [0.3, 0.4) is 0 Å². The van der Waals surface area contributed by atoms with Gasteiger partial charge in [-0.15, -0.1) is 0 Å². The summed E-state index contributed by atoms with van der Waals surface area (Å²) in [7, 11) is -3.57. The summed E-state index contributed by atoms with van der Waals surface area (Å²) in [5, 5.41) is 1.80. The molecule has 1 aliphatic rings. The van der Waals surface area contributed by atoms with Crippen molar-refractivity contribution in [3.63, 3.8) is 0 Å². The molecule has 10 heteroatoms. The summed E-state index contributed by atoms with van der Waals surface area (Å²) >= 11 is 0. The quantitative estimate of drug-likeness (QED) is 0.712. The highest BCUT2D eigenvalue weighted by atomic mass is 32.2. The van der Waals surface area contributed by atoms with E-state index in [-0.39, 0.29) is 10.5 Å². The van der Waals surface area contributed by atoms with E-state index < -0.39 is 34.0 Å². The summed E-state index contributed by atoms with van der Waals surface area (Å²) in [5.41, 5.74) is 4.89. The number of nitrogens with zero attached hydrogens (tertiary/aromatic N) is 1. The zero-order valence-electron chi connectivity index (χ0n) is 13.6.